The molecule has 1 unspecified atom stereocenters. The van der Waals surface area contributed by atoms with Crippen molar-refractivity contribution in [2.45, 2.75) is 38.4 Å². The number of halogens is 2. The maximum Gasteiger partial charge on any atom is 0.586 e. The zero-order valence-electron chi connectivity index (χ0n) is 14.3. The minimum absolute atomic E-state index is 0.0000525. The van der Waals surface area contributed by atoms with Crippen LogP contribution in [0.25, 0.3) is 0 Å². The number of ketones is 1. The number of fused-ring (bicyclic) bond motifs is 2. The molecule has 0 spiro atoms. The highest BCUT2D eigenvalue weighted by Crippen LogP contribution is 2.47. The topological polar surface area (TPSA) is 44.8 Å². The summed E-state index contributed by atoms with van der Waals surface area (Å²) < 4.78 is 41.7. The zero-order valence-corrected chi connectivity index (χ0v) is 14.3. The van der Waals surface area contributed by atoms with Crippen molar-refractivity contribution in [1.82, 2.24) is 0 Å². The van der Waals surface area contributed by atoms with E-state index in [0.29, 0.717) is 24.3 Å². The second kappa shape index (κ2) is 6.27. The first kappa shape index (κ1) is 16.8. The first-order valence-corrected chi connectivity index (χ1v) is 8.63. The molecule has 2 aromatic carbocycles. The summed E-state index contributed by atoms with van der Waals surface area (Å²) in [5, 5.41) is 0. The molecule has 2 aromatic rings. The Morgan fingerprint density at radius 3 is 2.65 bits per heavy atom. The van der Waals surface area contributed by atoms with Crippen molar-refractivity contribution >= 4 is 5.78 Å². The first-order chi connectivity index (χ1) is 12.5. The smallest absolute Gasteiger partial charge is 0.493 e. The Morgan fingerprint density at radius 2 is 1.88 bits per heavy atom. The SMILES string of the molecule is CCCOc1ccccc1C1CC(=O)Cc2cc3c(cc21)OC(F)(F)O3. The van der Waals surface area contributed by atoms with Gasteiger partial charge in [-0.1, -0.05) is 25.1 Å². The van der Waals surface area contributed by atoms with E-state index in [0.717, 1.165) is 17.5 Å². The average molecular weight is 360 g/mol. The molecule has 0 saturated carbocycles. The minimum Gasteiger partial charge on any atom is -0.493 e. The molecular weight excluding hydrogens is 342 g/mol. The normalized spacial score (nSPS) is 20.0. The molecule has 0 saturated heterocycles. The number of ether oxygens (including phenoxy) is 3. The van der Waals surface area contributed by atoms with Gasteiger partial charge in [-0.3, -0.25) is 4.79 Å². The van der Waals surface area contributed by atoms with E-state index in [1.165, 1.54) is 6.07 Å². The van der Waals surface area contributed by atoms with Crippen LogP contribution in [0.2, 0.25) is 0 Å². The fourth-order valence-corrected chi connectivity index (χ4v) is 3.54. The van der Waals surface area contributed by atoms with E-state index in [9.17, 15) is 13.6 Å². The minimum atomic E-state index is -3.67. The molecule has 0 amide bonds. The van der Waals surface area contributed by atoms with Gasteiger partial charge in [0.15, 0.2) is 11.5 Å². The molecule has 4 rings (SSSR count). The average Bonchev–Trinajstić information content (AvgIpc) is 2.90. The number of carbonyl (C=O) groups is 1. The monoisotopic (exact) mass is 360 g/mol. The number of hydrogen-bond acceptors (Lipinski definition) is 4. The Labute approximate surface area is 149 Å². The Hall–Kier alpha value is -2.63. The van der Waals surface area contributed by atoms with Gasteiger partial charge in [0.1, 0.15) is 11.5 Å². The second-order valence-corrected chi connectivity index (χ2v) is 6.52. The Balaban J connectivity index is 1.78. The fraction of sp³-hybridized carbons (Fsp3) is 0.350. The van der Waals surface area contributed by atoms with Crippen LogP contribution < -0.4 is 14.2 Å². The lowest BCUT2D eigenvalue weighted by molar-refractivity contribution is -0.286. The van der Waals surface area contributed by atoms with Gasteiger partial charge in [0.25, 0.3) is 0 Å². The highest BCUT2D eigenvalue weighted by molar-refractivity contribution is 5.85. The van der Waals surface area contributed by atoms with Gasteiger partial charge in [-0.05, 0) is 35.7 Å². The van der Waals surface area contributed by atoms with E-state index in [2.05, 4.69) is 9.47 Å². The number of rotatable bonds is 4. The summed E-state index contributed by atoms with van der Waals surface area (Å²) in [5.74, 6) is 0.474. The lowest BCUT2D eigenvalue weighted by Gasteiger charge is -2.27. The number of hydrogen-bond donors (Lipinski definition) is 0. The van der Waals surface area contributed by atoms with Gasteiger partial charge in [-0.2, -0.15) is 0 Å². The molecule has 136 valence electrons. The van der Waals surface area contributed by atoms with Crippen LogP contribution in [0.3, 0.4) is 0 Å². The molecular formula is C20H18F2O4. The predicted octanol–water partition coefficient (Wildman–Crippen LogP) is 4.44. The van der Waals surface area contributed by atoms with E-state index < -0.39 is 6.29 Å². The van der Waals surface area contributed by atoms with Crippen LogP contribution in [0.15, 0.2) is 36.4 Å². The summed E-state index contributed by atoms with van der Waals surface area (Å²) >= 11 is 0. The lowest BCUT2D eigenvalue weighted by atomic mass is 9.78. The number of para-hydroxylation sites is 1. The van der Waals surface area contributed by atoms with E-state index in [1.807, 2.05) is 31.2 Å². The van der Waals surface area contributed by atoms with Crippen molar-refractivity contribution in [1.29, 1.82) is 0 Å². The largest absolute Gasteiger partial charge is 0.586 e. The molecule has 1 heterocycles. The molecule has 1 aliphatic carbocycles. The zero-order chi connectivity index (χ0) is 18.3. The van der Waals surface area contributed by atoms with E-state index in [-0.39, 0.29) is 29.6 Å². The highest BCUT2D eigenvalue weighted by atomic mass is 19.3. The number of carbonyl (C=O) groups excluding carboxylic acids is 1. The molecule has 1 aliphatic heterocycles. The predicted molar refractivity (Wildman–Crippen MR) is 90.0 cm³/mol. The summed E-state index contributed by atoms with van der Waals surface area (Å²) in [6.07, 6.45) is -2.31. The van der Waals surface area contributed by atoms with Crippen molar-refractivity contribution in [3.63, 3.8) is 0 Å². The first-order valence-electron chi connectivity index (χ1n) is 8.63. The molecule has 6 heteroatoms. The third kappa shape index (κ3) is 3.00. The number of Topliss-reactive ketones (excluding diaryl/α,β-unsaturated/α-hetero) is 1. The molecule has 1 atom stereocenters. The quantitative estimate of drug-likeness (QED) is 0.808. The van der Waals surface area contributed by atoms with Crippen molar-refractivity contribution in [3.05, 3.63) is 53.1 Å². The van der Waals surface area contributed by atoms with E-state index >= 15 is 0 Å². The van der Waals surface area contributed by atoms with E-state index in [4.69, 9.17) is 4.74 Å². The van der Waals surface area contributed by atoms with Gasteiger partial charge in [0.2, 0.25) is 0 Å². The number of benzene rings is 2. The van der Waals surface area contributed by atoms with Crippen molar-refractivity contribution < 1.29 is 27.8 Å². The third-order valence-electron chi connectivity index (χ3n) is 4.61. The molecule has 0 N–H and O–H groups in total. The second-order valence-electron chi connectivity index (χ2n) is 6.52. The van der Waals surface area contributed by atoms with Crippen molar-refractivity contribution in [2.75, 3.05) is 6.61 Å². The van der Waals surface area contributed by atoms with Gasteiger partial charge in [0, 0.05) is 24.3 Å². The Kier molecular flexibility index (Phi) is 4.05. The lowest BCUT2D eigenvalue weighted by Crippen LogP contribution is -2.25. The summed E-state index contributed by atoms with van der Waals surface area (Å²) in [4.78, 5) is 12.3. The van der Waals surface area contributed by atoms with Crippen LogP contribution in [-0.2, 0) is 11.2 Å². The Bertz CT molecular complexity index is 863. The summed E-state index contributed by atoms with van der Waals surface area (Å²) in [7, 11) is 0. The van der Waals surface area contributed by atoms with Gasteiger partial charge in [-0.15, -0.1) is 8.78 Å². The molecule has 0 fully saturated rings. The van der Waals surface area contributed by atoms with Crippen LogP contribution in [0.4, 0.5) is 8.78 Å². The van der Waals surface area contributed by atoms with Crippen LogP contribution in [0, 0.1) is 0 Å². The molecule has 2 aliphatic rings. The number of alkyl halides is 2. The Morgan fingerprint density at radius 1 is 1.15 bits per heavy atom. The van der Waals surface area contributed by atoms with Crippen LogP contribution in [0.1, 0.15) is 42.4 Å². The fourth-order valence-electron chi connectivity index (χ4n) is 3.54. The van der Waals surface area contributed by atoms with Crippen LogP contribution in [-0.4, -0.2) is 18.7 Å². The van der Waals surface area contributed by atoms with Crippen molar-refractivity contribution in [3.8, 4) is 17.2 Å². The summed E-state index contributed by atoms with van der Waals surface area (Å²) in [6.45, 7) is 2.58. The maximum atomic E-state index is 13.4. The highest BCUT2D eigenvalue weighted by Gasteiger charge is 2.44. The summed E-state index contributed by atoms with van der Waals surface area (Å²) in [5.41, 5.74) is 2.37. The van der Waals surface area contributed by atoms with Gasteiger partial charge >= 0.3 is 6.29 Å². The molecule has 0 bridgehead atoms. The van der Waals surface area contributed by atoms with Gasteiger partial charge < -0.3 is 14.2 Å². The maximum absolute atomic E-state index is 13.4. The van der Waals surface area contributed by atoms with E-state index in [1.54, 1.807) is 6.07 Å². The van der Waals surface area contributed by atoms with Crippen LogP contribution >= 0.6 is 0 Å². The summed E-state index contributed by atoms with van der Waals surface area (Å²) in [6, 6.07) is 10.6. The van der Waals surface area contributed by atoms with Crippen LogP contribution in [0.5, 0.6) is 17.2 Å². The van der Waals surface area contributed by atoms with Gasteiger partial charge in [-0.25, -0.2) is 0 Å². The van der Waals surface area contributed by atoms with Crippen molar-refractivity contribution in [2.24, 2.45) is 0 Å². The molecule has 26 heavy (non-hydrogen) atoms. The third-order valence-corrected chi connectivity index (χ3v) is 4.61. The molecule has 4 nitrogen and oxygen atoms in total. The van der Waals surface area contributed by atoms with Gasteiger partial charge in [0.05, 0.1) is 6.61 Å². The molecule has 0 radical (unpaired) electrons. The molecule has 0 aromatic heterocycles. The standard InChI is InChI=1S/C20H18F2O4/c1-2-7-24-17-6-4-3-5-14(17)16-10-13(23)8-12-9-18-19(11-15(12)16)26-20(21,22)25-18/h3-6,9,11,16H,2,7-8,10H2,1H3.